The highest BCUT2D eigenvalue weighted by Crippen LogP contribution is 2.56. The van der Waals surface area contributed by atoms with Gasteiger partial charge in [-0.15, -0.1) is 0 Å². The van der Waals surface area contributed by atoms with Crippen LogP contribution in [0, 0.1) is 0 Å². The topological polar surface area (TPSA) is 6.48 Å². The molecule has 0 aromatic heterocycles. The van der Waals surface area contributed by atoms with Gasteiger partial charge in [0.2, 0.25) is 0 Å². The van der Waals surface area contributed by atoms with Crippen molar-refractivity contribution in [1.29, 1.82) is 0 Å². The lowest BCUT2D eigenvalue weighted by Gasteiger charge is -2.36. The summed E-state index contributed by atoms with van der Waals surface area (Å²) in [5, 5.41) is 9.99. The molecule has 418 valence electrons. The standard InChI is InChI=1S/C84H72N2/c1-81(2,3)53-35-39-57(40-36-53)85(55-23-13-11-14-24-55)59-44-46-70-71(51-59)77(67-48-47-66-62-28-18-20-33-74(62)83(7,8)75-34-22-31-65(67)80(66)75)69-45-43-60(86(56-25-15-12-16-26-56)58-41-37-54(38-42-58)82(4,5)6)52-72(69)78(70)68-49-50-76-79-63(29-21-30-64(68)79)61-27-17-19-32-73(61)84(76,9)10/h11-52H,1-10H3. The molecule has 0 amide bonds. The fourth-order valence-corrected chi connectivity index (χ4v) is 14.9. The molecule has 13 aromatic rings. The Morgan fingerprint density at radius 3 is 1.03 bits per heavy atom. The van der Waals surface area contributed by atoms with Crippen LogP contribution in [0.1, 0.15) is 103 Å². The molecule has 0 bridgehead atoms. The number of hydrogen-bond acceptors (Lipinski definition) is 2. The molecule has 2 aliphatic carbocycles. The number of fused-ring (bicyclic) bond motifs is 6. The van der Waals surface area contributed by atoms with E-state index < -0.39 is 0 Å². The predicted octanol–water partition coefficient (Wildman–Crippen LogP) is 23.8. The van der Waals surface area contributed by atoms with Gasteiger partial charge in [-0.25, -0.2) is 0 Å². The molecule has 2 heteroatoms. The average molecular weight is 1110 g/mol. The second kappa shape index (κ2) is 19.5. The first-order chi connectivity index (χ1) is 41.5. The zero-order chi connectivity index (χ0) is 59.0. The van der Waals surface area contributed by atoms with E-state index in [0.717, 1.165) is 34.1 Å². The first kappa shape index (κ1) is 53.2. The third-order valence-electron chi connectivity index (χ3n) is 19.4. The lowest BCUT2D eigenvalue weighted by atomic mass is 9.67. The molecule has 2 nitrogen and oxygen atoms in total. The van der Waals surface area contributed by atoms with E-state index in [2.05, 4.69) is 334 Å². The SMILES string of the molecule is CC(C)(C)c1ccc(N(c2ccccc2)c2ccc3c(-c4ccc5c6c(cccc46)-c4ccccc4C5(C)C)c4cc(N(c5ccccc5)c5ccc(C(C)(C)C)cc5)ccc4c(-c4ccc5c6c(cccc46)C(C)(C)c4ccccc4-5)c3c2)cc1. The van der Waals surface area contributed by atoms with Gasteiger partial charge in [0.1, 0.15) is 0 Å². The molecule has 0 saturated heterocycles. The second-order valence-corrected chi connectivity index (χ2v) is 27.3. The van der Waals surface area contributed by atoms with E-state index >= 15 is 0 Å². The maximum absolute atomic E-state index is 2.51. The summed E-state index contributed by atoms with van der Waals surface area (Å²) < 4.78 is 0. The smallest absolute Gasteiger partial charge is 0.0468 e. The Morgan fingerprint density at radius 1 is 0.244 bits per heavy atom. The van der Waals surface area contributed by atoms with Crippen LogP contribution >= 0.6 is 0 Å². The van der Waals surface area contributed by atoms with Crippen LogP contribution in [-0.4, -0.2) is 0 Å². The Morgan fingerprint density at radius 2 is 0.581 bits per heavy atom. The minimum Gasteiger partial charge on any atom is -0.310 e. The molecule has 0 spiro atoms. The Balaban J connectivity index is 1.10. The van der Waals surface area contributed by atoms with Gasteiger partial charge in [-0.2, -0.15) is 0 Å². The third kappa shape index (κ3) is 8.28. The second-order valence-electron chi connectivity index (χ2n) is 27.3. The Bertz CT molecular complexity index is 4600. The summed E-state index contributed by atoms with van der Waals surface area (Å²) in [4.78, 5) is 4.90. The fraction of sp³-hybridized carbons (Fsp3) is 0.167. The van der Waals surface area contributed by atoms with E-state index in [4.69, 9.17) is 0 Å². The van der Waals surface area contributed by atoms with Gasteiger partial charge < -0.3 is 9.80 Å². The van der Waals surface area contributed by atoms with Crippen LogP contribution in [0.2, 0.25) is 0 Å². The maximum Gasteiger partial charge on any atom is 0.0468 e. The van der Waals surface area contributed by atoms with Gasteiger partial charge in [-0.1, -0.05) is 251 Å². The predicted molar refractivity (Wildman–Crippen MR) is 369 cm³/mol. The molecule has 86 heavy (non-hydrogen) atoms. The van der Waals surface area contributed by atoms with Crippen LogP contribution < -0.4 is 9.80 Å². The molecule has 2 aliphatic rings. The van der Waals surface area contributed by atoms with Gasteiger partial charge in [-0.3, -0.25) is 0 Å². The molecule has 0 unspecified atom stereocenters. The number of rotatable bonds is 8. The number of para-hydroxylation sites is 2. The summed E-state index contributed by atoms with van der Waals surface area (Å²) in [6.45, 7) is 23.4. The highest BCUT2D eigenvalue weighted by atomic mass is 15.1. The van der Waals surface area contributed by atoms with Crippen LogP contribution in [0.25, 0.3) is 87.6 Å². The van der Waals surface area contributed by atoms with Crippen LogP contribution in [0.15, 0.2) is 255 Å². The van der Waals surface area contributed by atoms with Crippen molar-refractivity contribution in [2.75, 3.05) is 9.80 Å². The molecule has 15 rings (SSSR count). The average Bonchev–Trinajstić information content (AvgIpc) is 0.734. The summed E-state index contributed by atoms with van der Waals surface area (Å²) in [6.07, 6.45) is 0. The van der Waals surface area contributed by atoms with Crippen molar-refractivity contribution < 1.29 is 0 Å². The lowest BCUT2D eigenvalue weighted by Crippen LogP contribution is -2.23. The van der Waals surface area contributed by atoms with Gasteiger partial charge in [0.05, 0.1) is 0 Å². The zero-order valence-electron chi connectivity index (χ0n) is 51.1. The van der Waals surface area contributed by atoms with Crippen molar-refractivity contribution in [2.24, 2.45) is 0 Å². The number of hydrogen-bond donors (Lipinski definition) is 0. The van der Waals surface area contributed by atoms with Crippen LogP contribution in [0.4, 0.5) is 34.1 Å². The first-order valence-electron chi connectivity index (χ1n) is 30.7. The van der Waals surface area contributed by atoms with Crippen LogP contribution in [0.3, 0.4) is 0 Å². The monoisotopic (exact) mass is 1110 g/mol. The van der Waals surface area contributed by atoms with E-state index in [9.17, 15) is 0 Å². The minimum atomic E-state index is -0.216. The lowest BCUT2D eigenvalue weighted by molar-refractivity contribution is 0.590. The number of anilines is 6. The summed E-state index contributed by atoms with van der Waals surface area (Å²) >= 11 is 0. The summed E-state index contributed by atoms with van der Waals surface area (Å²) in [5.41, 5.74) is 24.4. The highest BCUT2D eigenvalue weighted by Gasteiger charge is 2.36. The molecule has 0 fully saturated rings. The van der Waals surface area contributed by atoms with E-state index in [1.54, 1.807) is 0 Å². The fourth-order valence-electron chi connectivity index (χ4n) is 14.9. The van der Waals surface area contributed by atoms with Crippen molar-refractivity contribution in [3.63, 3.8) is 0 Å². The first-order valence-corrected chi connectivity index (χ1v) is 30.7. The Hall–Kier alpha value is -9.50. The van der Waals surface area contributed by atoms with Crippen molar-refractivity contribution in [1.82, 2.24) is 0 Å². The molecule has 0 atom stereocenters. The Kier molecular flexibility index (Phi) is 12.1. The summed E-state index contributed by atoms with van der Waals surface area (Å²) in [5.74, 6) is 0. The molecular weight excluding hydrogens is 1040 g/mol. The molecular formula is C84H72N2. The maximum atomic E-state index is 2.51. The largest absolute Gasteiger partial charge is 0.310 e. The molecule has 0 heterocycles. The zero-order valence-corrected chi connectivity index (χ0v) is 51.1. The molecule has 13 aromatic carbocycles. The molecule has 0 N–H and O–H groups in total. The Labute approximate surface area is 507 Å². The molecule has 0 radical (unpaired) electrons. The van der Waals surface area contributed by atoms with Crippen molar-refractivity contribution >= 4 is 77.2 Å². The molecule has 0 saturated carbocycles. The number of nitrogens with zero attached hydrogens (tertiary/aromatic N) is 2. The van der Waals surface area contributed by atoms with E-state index in [0.29, 0.717) is 0 Å². The van der Waals surface area contributed by atoms with Gasteiger partial charge in [0, 0.05) is 45.0 Å². The van der Waals surface area contributed by atoms with E-state index in [-0.39, 0.29) is 21.7 Å². The minimum absolute atomic E-state index is 0.0111. The van der Waals surface area contributed by atoms with E-state index in [1.165, 1.54) is 121 Å². The normalized spacial score (nSPS) is 13.9. The van der Waals surface area contributed by atoms with Crippen molar-refractivity contribution in [3.05, 3.63) is 288 Å². The summed E-state index contributed by atoms with van der Waals surface area (Å²) in [7, 11) is 0. The van der Waals surface area contributed by atoms with Gasteiger partial charge in [0.25, 0.3) is 0 Å². The molecule has 0 aliphatic heterocycles. The van der Waals surface area contributed by atoms with Crippen LogP contribution in [0.5, 0.6) is 0 Å². The van der Waals surface area contributed by atoms with Crippen molar-refractivity contribution in [2.45, 2.75) is 90.9 Å². The van der Waals surface area contributed by atoms with Gasteiger partial charge >= 0.3 is 0 Å². The quantitative estimate of drug-likeness (QED) is 0.140. The third-order valence-corrected chi connectivity index (χ3v) is 19.4. The van der Waals surface area contributed by atoms with Gasteiger partial charge in [-0.05, 0) is 205 Å². The van der Waals surface area contributed by atoms with E-state index in [1.807, 2.05) is 0 Å². The highest BCUT2D eigenvalue weighted by molar-refractivity contribution is 6.28. The van der Waals surface area contributed by atoms with Crippen molar-refractivity contribution in [3.8, 4) is 44.5 Å². The number of benzene rings is 13. The van der Waals surface area contributed by atoms with Gasteiger partial charge in [0.15, 0.2) is 0 Å². The summed E-state index contributed by atoms with van der Waals surface area (Å²) in [6, 6.07) is 97.0. The van der Waals surface area contributed by atoms with Crippen LogP contribution in [-0.2, 0) is 21.7 Å².